The molecule has 0 amide bonds. The van der Waals surface area contributed by atoms with E-state index in [0.717, 1.165) is 10.0 Å². The van der Waals surface area contributed by atoms with Gasteiger partial charge in [-0.25, -0.2) is 0 Å². The van der Waals surface area contributed by atoms with Gasteiger partial charge in [-0.2, -0.15) is 5.26 Å². The van der Waals surface area contributed by atoms with Crippen LogP contribution in [0.25, 0.3) is 0 Å². The average molecular weight is 332 g/mol. The van der Waals surface area contributed by atoms with E-state index in [-0.39, 0.29) is 0 Å². The van der Waals surface area contributed by atoms with Crippen LogP contribution in [0.2, 0.25) is 0 Å². The van der Waals surface area contributed by atoms with Crippen molar-refractivity contribution in [2.75, 3.05) is 0 Å². The van der Waals surface area contributed by atoms with Gasteiger partial charge in [0.2, 0.25) is 0 Å². The Labute approximate surface area is 126 Å². The molecule has 20 heavy (non-hydrogen) atoms. The second-order valence-electron chi connectivity index (χ2n) is 4.55. The van der Waals surface area contributed by atoms with Gasteiger partial charge in [0, 0.05) is 10.0 Å². The highest BCUT2D eigenvalue weighted by Crippen LogP contribution is 2.33. The van der Waals surface area contributed by atoms with Crippen molar-refractivity contribution in [1.29, 1.82) is 5.26 Å². The molecule has 102 valence electrons. The zero-order valence-electron chi connectivity index (χ0n) is 11.2. The van der Waals surface area contributed by atoms with E-state index in [2.05, 4.69) is 22.0 Å². The van der Waals surface area contributed by atoms with Crippen LogP contribution in [-0.2, 0) is 0 Å². The minimum Gasteiger partial charge on any atom is -0.457 e. The highest BCUT2D eigenvalue weighted by atomic mass is 79.9. The third kappa shape index (κ3) is 3.19. The van der Waals surface area contributed by atoms with E-state index in [1.54, 1.807) is 25.1 Å². The Kier molecular flexibility index (Phi) is 4.43. The third-order valence-corrected chi connectivity index (χ3v) is 3.46. The lowest BCUT2D eigenvalue weighted by atomic mass is 10.1. The Hall–Kier alpha value is -1.83. The fourth-order valence-corrected chi connectivity index (χ4v) is 2.18. The Morgan fingerprint density at radius 1 is 1.20 bits per heavy atom. The molecule has 2 rings (SSSR count). The molecule has 0 saturated heterocycles. The predicted molar refractivity (Wildman–Crippen MR) is 80.7 cm³/mol. The maximum atomic E-state index is 9.80. The number of halogens is 1. The Morgan fingerprint density at radius 3 is 2.60 bits per heavy atom. The summed E-state index contributed by atoms with van der Waals surface area (Å²) >= 11 is 3.40. The molecule has 0 heterocycles. The summed E-state index contributed by atoms with van der Waals surface area (Å²) in [6.45, 7) is 3.61. The molecule has 1 unspecified atom stereocenters. The number of benzene rings is 2. The van der Waals surface area contributed by atoms with Gasteiger partial charge >= 0.3 is 0 Å². The first-order valence-corrected chi connectivity index (χ1v) is 6.96. The lowest BCUT2D eigenvalue weighted by Crippen LogP contribution is -1.98. The van der Waals surface area contributed by atoms with Gasteiger partial charge in [-0.05, 0) is 43.7 Å². The smallest absolute Gasteiger partial charge is 0.134 e. The zero-order chi connectivity index (χ0) is 14.7. The van der Waals surface area contributed by atoms with Crippen LogP contribution >= 0.6 is 15.9 Å². The molecule has 1 atom stereocenters. The molecule has 1 N–H and O–H groups in total. The summed E-state index contributed by atoms with van der Waals surface area (Å²) in [6, 6.07) is 12.8. The Morgan fingerprint density at radius 2 is 1.95 bits per heavy atom. The van der Waals surface area contributed by atoms with E-state index in [1.165, 1.54) is 0 Å². The molecule has 0 radical (unpaired) electrons. The molecule has 2 aromatic rings. The number of hydrogen-bond donors (Lipinski definition) is 1. The first kappa shape index (κ1) is 14.6. The van der Waals surface area contributed by atoms with E-state index in [9.17, 15) is 5.11 Å². The van der Waals surface area contributed by atoms with E-state index in [1.807, 2.05) is 25.1 Å². The summed E-state index contributed by atoms with van der Waals surface area (Å²) in [5.74, 6) is 1.19. The van der Waals surface area contributed by atoms with E-state index in [4.69, 9.17) is 10.00 Å². The van der Waals surface area contributed by atoms with Gasteiger partial charge in [0.1, 0.15) is 11.5 Å². The number of hydrogen-bond acceptors (Lipinski definition) is 3. The van der Waals surface area contributed by atoms with Crippen molar-refractivity contribution < 1.29 is 9.84 Å². The SMILES string of the molecule is Cc1ccc(Br)cc1Oc1cc(C#N)ccc1C(C)O. The quantitative estimate of drug-likeness (QED) is 0.902. The average Bonchev–Trinajstić information content (AvgIpc) is 2.42. The Bertz CT molecular complexity index is 675. The number of aliphatic hydroxyl groups is 1. The summed E-state index contributed by atoms with van der Waals surface area (Å²) in [5.41, 5.74) is 2.13. The lowest BCUT2D eigenvalue weighted by molar-refractivity contribution is 0.195. The minimum absolute atomic E-state index is 0.497. The van der Waals surface area contributed by atoms with Crippen LogP contribution in [0.4, 0.5) is 0 Å². The normalized spacial score (nSPS) is 11.8. The molecular formula is C16H14BrNO2. The van der Waals surface area contributed by atoms with Gasteiger partial charge in [0.25, 0.3) is 0 Å². The van der Waals surface area contributed by atoms with Crippen molar-refractivity contribution in [3.8, 4) is 17.6 Å². The molecular weight excluding hydrogens is 318 g/mol. The number of rotatable bonds is 3. The lowest BCUT2D eigenvalue weighted by Gasteiger charge is -2.15. The van der Waals surface area contributed by atoms with Crippen molar-refractivity contribution in [3.63, 3.8) is 0 Å². The highest BCUT2D eigenvalue weighted by Gasteiger charge is 2.12. The highest BCUT2D eigenvalue weighted by molar-refractivity contribution is 9.10. The van der Waals surface area contributed by atoms with Gasteiger partial charge in [0.15, 0.2) is 0 Å². The molecule has 4 heteroatoms. The van der Waals surface area contributed by atoms with Crippen molar-refractivity contribution in [2.24, 2.45) is 0 Å². The second kappa shape index (κ2) is 6.08. The zero-order valence-corrected chi connectivity index (χ0v) is 12.8. The molecule has 0 aromatic heterocycles. The molecule has 0 aliphatic carbocycles. The number of aryl methyl sites for hydroxylation is 1. The number of nitriles is 1. The van der Waals surface area contributed by atoms with Gasteiger partial charge in [-0.3, -0.25) is 0 Å². The van der Waals surface area contributed by atoms with Crippen LogP contribution in [0.15, 0.2) is 40.9 Å². The van der Waals surface area contributed by atoms with Gasteiger partial charge < -0.3 is 9.84 Å². The molecule has 0 spiro atoms. The fraction of sp³-hybridized carbons (Fsp3) is 0.188. The van der Waals surface area contributed by atoms with Crippen molar-refractivity contribution in [2.45, 2.75) is 20.0 Å². The molecule has 0 aliphatic heterocycles. The van der Waals surface area contributed by atoms with Gasteiger partial charge in [-0.1, -0.05) is 28.1 Å². The number of aliphatic hydroxyl groups excluding tert-OH is 1. The van der Waals surface area contributed by atoms with Gasteiger partial charge in [0.05, 0.1) is 17.7 Å². The van der Waals surface area contributed by atoms with Gasteiger partial charge in [-0.15, -0.1) is 0 Å². The third-order valence-electron chi connectivity index (χ3n) is 2.96. The summed E-state index contributed by atoms with van der Waals surface area (Å²) in [5, 5.41) is 18.8. The summed E-state index contributed by atoms with van der Waals surface area (Å²) in [7, 11) is 0. The summed E-state index contributed by atoms with van der Waals surface area (Å²) < 4.78 is 6.79. The van der Waals surface area contributed by atoms with Crippen molar-refractivity contribution in [1.82, 2.24) is 0 Å². The van der Waals surface area contributed by atoms with E-state index < -0.39 is 6.10 Å². The fourth-order valence-electron chi connectivity index (χ4n) is 1.84. The van der Waals surface area contributed by atoms with Crippen LogP contribution in [-0.4, -0.2) is 5.11 Å². The predicted octanol–water partition coefficient (Wildman–Crippen LogP) is 4.47. The number of ether oxygens (including phenoxy) is 1. The maximum absolute atomic E-state index is 9.80. The summed E-state index contributed by atoms with van der Waals surface area (Å²) in [6.07, 6.45) is -0.662. The minimum atomic E-state index is -0.662. The first-order valence-electron chi connectivity index (χ1n) is 6.17. The van der Waals surface area contributed by atoms with Crippen LogP contribution in [0.3, 0.4) is 0 Å². The van der Waals surface area contributed by atoms with Crippen LogP contribution in [0, 0.1) is 18.3 Å². The van der Waals surface area contributed by atoms with E-state index in [0.29, 0.717) is 22.6 Å². The molecule has 2 aromatic carbocycles. The Balaban J connectivity index is 2.46. The largest absolute Gasteiger partial charge is 0.457 e. The first-order chi connectivity index (χ1) is 9.51. The monoisotopic (exact) mass is 331 g/mol. The van der Waals surface area contributed by atoms with Crippen molar-refractivity contribution in [3.05, 3.63) is 57.6 Å². The van der Waals surface area contributed by atoms with Crippen molar-refractivity contribution >= 4 is 15.9 Å². The topological polar surface area (TPSA) is 53.2 Å². The van der Waals surface area contributed by atoms with Crippen LogP contribution in [0.5, 0.6) is 11.5 Å². The number of nitrogens with zero attached hydrogens (tertiary/aromatic N) is 1. The van der Waals surface area contributed by atoms with Crippen LogP contribution < -0.4 is 4.74 Å². The second-order valence-corrected chi connectivity index (χ2v) is 5.47. The standard InChI is InChI=1S/C16H14BrNO2/c1-10-3-5-13(17)8-15(10)20-16-7-12(9-18)4-6-14(16)11(2)19/h3-8,11,19H,1-2H3. The molecule has 0 aliphatic rings. The summed E-state index contributed by atoms with van der Waals surface area (Å²) in [4.78, 5) is 0. The molecule has 0 fully saturated rings. The van der Waals surface area contributed by atoms with Crippen LogP contribution in [0.1, 0.15) is 29.7 Å². The molecule has 0 bridgehead atoms. The molecule has 3 nitrogen and oxygen atoms in total. The maximum Gasteiger partial charge on any atom is 0.134 e. The molecule has 0 saturated carbocycles. The van der Waals surface area contributed by atoms with E-state index >= 15 is 0 Å².